The van der Waals surface area contributed by atoms with Crippen molar-refractivity contribution >= 4 is 23.9 Å². The number of hydrogen-bond donors (Lipinski definition) is 1. The van der Waals surface area contributed by atoms with Crippen LogP contribution in [-0.4, -0.2) is 36.1 Å². The van der Waals surface area contributed by atoms with Crippen LogP contribution in [0.2, 0.25) is 0 Å². The molecule has 1 N–H and O–H groups in total. The standard InChI is InChI=1S/C19H14O8/c1-25-19(24)13-9-12(18(22)23)10-15(11-13)27-17(21)8-7-16(20)26-14-5-3-2-4-6-14/h2-11H,1H3,(H,22,23)/b8-7-. The Labute approximate surface area is 153 Å². The van der Waals surface area contributed by atoms with Gasteiger partial charge in [-0.3, -0.25) is 0 Å². The van der Waals surface area contributed by atoms with Gasteiger partial charge in [0.25, 0.3) is 0 Å². The number of aromatic carboxylic acids is 1. The molecule has 27 heavy (non-hydrogen) atoms. The second-order valence-electron chi connectivity index (χ2n) is 5.03. The van der Waals surface area contributed by atoms with Crippen LogP contribution in [0.3, 0.4) is 0 Å². The zero-order valence-corrected chi connectivity index (χ0v) is 14.1. The zero-order valence-electron chi connectivity index (χ0n) is 14.1. The summed E-state index contributed by atoms with van der Waals surface area (Å²) < 4.78 is 14.4. The quantitative estimate of drug-likeness (QED) is 0.467. The van der Waals surface area contributed by atoms with Crippen LogP contribution in [0.5, 0.6) is 11.5 Å². The fourth-order valence-corrected chi connectivity index (χ4v) is 1.94. The number of para-hydroxylation sites is 1. The number of carboxylic acid groups (broad SMARTS) is 1. The van der Waals surface area contributed by atoms with Gasteiger partial charge in [-0.1, -0.05) is 18.2 Å². The van der Waals surface area contributed by atoms with Gasteiger partial charge < -0.3 is 19.3 Å². The maximum absolute atomic E-state index is 11.8. The first kappa shape index (κ1) is 19.4. The summed E-state index contributed by atoms with van der Waals surface area (Å²) in [6.07, 6.45) is 1.67. The Bertz CT molecular complexity index is 899. The van der Waals surface area contributed by atoms with E-state index in [0.29, 0.717) is 5.75 Å². The molecule has 0 amide bonds. The highest BCUT2D eigenvalue weighted by Crippen LogP contribution is 2.19. The van der Waals surface area contributed by atoms with E-state index in [4.69, 9.17) is 14.6 Å². The van der Waals surface area contributed by atoms with Crippen molar-refractivity contribution in [1.82, 2.24) is 0 Å². The summed E-state index contributed by atoms with van der Waals surface area (Å²) in [6, 6.07) is 11.5. The number of carboxylic acids is 1. The van der Waals surface area contributed by atoms with Crippen molar-refractivity contribution in [2.75, 3.05) is 7.11 Å². The zero-order chi connectivity index (χ0) is 19.8. The van der Waals surface area contributed by atoms with Crippen molar-refractivity contribution in [3.05, 3.63) is 71.8 Å². The minimum atomic E-state index is -1.32. The molecule has 0 spiro atoms. The molecule has 138 valence electrons. The van der Waals surface area contributed by atoms with E-state index in [1.165, 1.54) is 0 Å². The molecule has 0 heterocycles. The van der Waals surface area contributed by atoms with Crippen LogP contribution in [0.1, 0.15) is 20.7 Å². The molecule has 2 aromatic rings. The third-order valence-corrected chi connectivity index (χ3v) is 3.11. The molecule has 2 aromatic carbocycles. The molecule has 0 unspecified atom stereocenters. The summed E-state index contributed by atoms with van der Waals surface area (Å²) in [5, 5.41) is 9.07. The predicted molar refractivity (Wildman–Crippen MR) is 91.6 cm³/mol. The second kappa shape index (κ2) is 8.95. The fourth-order valence-electron chi connectivity index (χ4n) is 1.94. The Kier molecular flexibility index (Phi) is 6.43. The fraction of sp³-hybridized carbons (Fsp3) is 0.0526. The number of carbonyl (C=O) groups is 4. The molecule has 0 atom stereocenters. The van der Waals surface area contributed by atoms with Gasteiger partial charge in [-0.25, -0.2) is 19.2 Å². The SMILES string of the molecule is COC(=O)c1cc(OC(=O)/C=C\C(=O)Oc2ccccc2)cc(C(=O)O)c1. The van der Waals surface area contributed by atoms with Crippen LogP contribution in [0.15, 0.2) is 60.7 Å². The lowest BCUT2D eigenvalue weighted by atomic mass is 10.1. The largest absolute Gasteiger partial charge is 0.478 e. The average molecular weight is 370 g/mol. The molecule has 2 rings (SSSR count). The lowest BCUT2D eigenvalue weighted by Gasteiger charge is -2.06. The molecular weight excluding hydrogens is 356 g/mol. The molecule has 0 saturated carbocycles. The number of rotatable bonds is 6. The van der Waals surface area contributed by atoms with Crippen molar-refractivity contribution in [3.8, 4) is 11.5 Å². The number of ether oxygens (including phenoxy) is 3. The summed E-state index contributed by atoms with van der Waals surface area (Å²) in [5.74, 6) is -3.76. The highest BCUT2D eigenvalue weighted by Gasteiger charge is 2.14. The Balaban J connectivity index is 2.08. The molecule has 0 aromatic heterocycles. The van der Waals surface area contributed by atoms with Gasteiger partial charge in [0.05, 0.1) is 18.2 Å². The Morgan fingerprint density at radius 3 is 1.93 bits per heavy atom. The van der Waals surface area contributed by atoms with Crippen LogP contribution in [0.4, 0.5) is 0 Å². The summed E-state index contributed by atoms with van der Waals surface area (Å²) in [6.45, 7) is 0. The third kappa shape index (κ3) is 5.82. The van der Waals surface area contributed by atoms with Crippen LogP contribution in [0, 0.1) is 0 Å². The maximum atomic E-state index is 11.8. The first-order chi connectivity index (χ1) is 12.9. The van der Waals surface area contributed by atoms with E-state index in [-0.39, 0.29) is 16.9 Å². The van der Waals surface area contributed by atoms with Gasteiger partial charge >= 0.3 is 23.9 Å². The van der Waals surface area contributed by atoms with E-state index in [1.54, 1.807) is 30.3 Å². The number of hydrogen-bond acceptors (Lipinski definition) is 7. The highest BCUT2D eigenvalue weighted by molar-refractivity contribution is 5.96. The van der Waals surface area contributed by atoms with Crippen molar-refractivity contribution in [1.29, 1.82) is 0 Å². The Morgan fingerprint density at radius 2 is 1.37 bits per heavy atom. The van der Waals surface area contributed by atoms with Gasteiger partial charge in [-0.2, -0.15) is 0 Å². The number of carbonyl (C=O) groups excluding carboxylic acids is 3. The van der Waals surface area contributed by atoms with Gasteiger partial charge in [0.2, 0.25) is 0 Å². The van der Waals surface area contributed by atoms with Gasteiger partial charge in [0.1, 0.15) is 11.5 Å². The molecule has 0 saturated heterocycles. The number of benzene rings is 2. The molecule has 8 heteroatoms. The second-order valence-corrected chi connectivity index (χ2v) is 5.03. The lowest BCUT2D eigenvalue weighted by Crippen LogP contribution is -2.10. The molecule has 0 fully saturated rings. The Hall–Kier alpha value is -3.94. The van der Waals surface area contributed by atoms with Crippen LogP contribution in [0.25, 0.3) is 0 Å². The van der Waals surface area contributed by atoms with Gasteiger partial charge in [-0.15, -0.1) is 0 Å². The van der Waals surface area contributed by atoms with Crippen LogP contribution < -0.4 is 9.47 Å². The van der Waals surface area contributed by atoms with E-state index < -0.39 is 23.9 Å². The smallest absolute Gasteiger partial charge is 0.338 e. The molecule has 0 aliphatic rings. The van der Waals surface area contributed by atoms with Gasteiger partial charge in [0, 0.05) is 12.2 Å². The molecule has 0 radical (unpaired) electrons. The minimum Gasteiger partial charge on any atom is -0.478 e. The van der Waals surface area contributed by atoms with Crippen molar-refractivity contribution in [2.45, 2.75) is 0 Å². The highest BCUT2D eigenvalue weighted by atomic mass is 16.5. The van der Waals surface area contributed by atoms with Gasteiger partial charge in [0.15, 0.2) is 0 Å². The lowest BCUT2D eigenvalue weighted by molar-refractivity contribution is -0.131. The van der Waals surface area contributed by atoms with Crippen molar-refractivity contribution in [3.63, 3.8) is 0 Å². The number of esters is 3. The number of methoxy groups -OCH3 is 1. The summed E-state index contributed by atoms with van der Waals surface area (Å²) in [7, 11) is 1.13. The molecule has 0 aliphatic carbocycles. The average Bonchev–Trinajstić information content (AvgIpc) is 2.66. The van der Waals surface area contributed by atoms with Crippen molar-refractivity contribution < 1.29 is 38.5 Å². The molecule has 0 bridgehead atoms. The van der Waals surface area contributed by atoms with E-state index in [9.17, 15) is 19.2 Å². The van der Waals surface area contributed by atoms with Gasteiger partial charge in [-0.05, 0) is 30.3 Å². The predicted octanol–water partition coefficient (Wildman–Crippen LogP) is 2.24. The van der Waals surface area contributed by atoms with Crippen LogP contribution >= 0.6 is 0 Å². The van der Waals surface area contributed by atoms with Crippen molar-refractivity contribution in [2.24, 2.45) is 0 Å². The minimum absolute atomic E-state index is 0.104. The third-order valence-electron chi connectivity index (χ3n) is 3.11. The monoisotopic (exact) mass is 370 g/mol. The molecule has 0 aliphatic heterocycles. The first-order valence-corrected chi connectivity index (χ1v) is 7.52. The van der Waals surface area contributed by atoms with E-state index >= 15 is 0 Å². The summed E-state index contributed by atoms with van der Waals surface area (Å²) >= 11 is 0. The molecular formula is C19H14O8. The summed E-state index contributed by atoms with van der Waals surface area (Å²) in [4.78, 5) is 46.2. The van der Waals surface area contributed by atoms with E-state index in [0.717, 1.165) is 37.5 Å². The first-order valence-electron chi connectivity index (χ1n) is 7.52. The Morgan fingerprint density at radius 1 is 0.815 bits per heavy atom. The van der Waals surface area contributed by atoms with E-state index in [2.05, 4.69) is 4.74 Å². The van der Waals surface area contributed by atoms with Crippen LogP contribution in [-0.2, 0) is 14.3 Å². The van der Waals surface area contributed by atoms with E-state index in [1.807, 2.05) is 0 Å². The molecule has 8 nitrogen and oxygen atoms in total. The normalized spacial score (nSPS) is 10.3. The maximum Gasteiger partial charge on any atom is 0.338 e. The topological polar surface area (TPSA) is 116 Å². The summed E-state index contributed by atoms with van der Waals surface area (Å²) in [5.41, 5.74) is -0.374.